The van der Waals surface area contributed by atoms with Crippen molar-refractivity contribution < 1.29 is 18.0 Å². The average Bonchev–Trinajstić information content (AvgIpc) is 3.14. The first-order valence-corrected chi connectivity index (χ1v) is 8.17. The Kier molecular flexibility index (Phi) is 4.80. The Morgan fingerprint density at radius 3 is 2.44 bits per heavy atom. The van der Waals surface area contributed by atoms with Crippen molar-refractivity contribution in [3.8, 4) is 11.3 Å². The molecule has 8 heteroatoms. The van der Waals surface area contributed by atoms with E-state index in [1.54, 1.807) is 6.20 Å². The summed E-state index contributed by atoms with van der Waals surface area (Å²) in [4.78, 5) is 20.6. The molecule has 0 saturated carbocycles. The molecule has 0 aliphatic heterocycles. The fourth-order valence-electron chi connectivity index (χ4n) is 2.21. The molecule has 0 radical (unpaired) electrons. The van der Waals surface area contributed by atoms with Crippen LogP contribution in [0, 0.1) is 0 Å². The second-order valence-electron chi connectivity index (χ2n) is 5.12. The standard InChI is InChI=1S/C17H12F3N3OS/c18-17(19,20)13-3-1-11(2-4-13)16(24)23-9-14-15(22-7-6-21-14)12-5-8-25-10-12/h1-8,10H,9H2,(H,23,24). The van der Waals surface area contributed by atoms with Gasteiger partial charge in [-0.25, -0.2) is 0 Å². The normalized spacial score (nSPS) is 11.3. The van der Waals surface area contributed by atoms with E-state index < -0.39 is 17.6 Å². The number of thiophene rings is 1. The highest BCUT2D eigenvalue weighted by atomic mass is 32.1. The van der Waals surface area contributed by atoms with Crippen molar-refractivity contribution in [2.45, 2.75) is 12.7 Å². The zero-order valence-corrected chi connectivity index (χ0v) is 13.6. The molecule has 4 nitrogen and oxygen atoms in total. The molecular formula is C17H12F3N3OS. The second-order valence-corrected chi connectivity index (χ2v) is 5.90. The van der Waals surface area contributed by atoms with E-state index in [-0.39, 0.29) is 12.1 Å². The number of hydrogen-bond acceptors (Lipinski definition) is 4. The quantitative estimate of drug-likeness (QED) is 0.757. The maximum Gasteiger partial charge on any atom is 0.416 e. The first kappa shape index (κ1) is 17.1. The van der Waals surface area contributed by atoms with Gasteiger partial charge in [0.1, 0.15) is 0 Å². The van der Waals surface area contributed by atoms with E-state index in [0.29, 0.717) is 11.4 Å². The molecule has 2 aromatic heterocycles. The van der Waals surface area contributed by atoms with E-state index in [0.717, 1.165) is 29.8 Å². The Hall–Kier alpha value is -2.74. The largest absolute Gasteiger partial charge is 0.416 e. The fraction of sp³-hybridized carbons (Fsp3) is 0.118. The van der Waals surface area contributed by atoms with Crippen molar-refractivity contribution in [2.24, 2.45) is 0 Å². The molecule has 1 aromatic carbocycles. The van der Waals surface area contributed by atoms with Gasteiger partial charge in [0.25, 0.3) is 5.91 Å². The van der Waals surface area contributed by atoms with E-state index in [4.69, 9.17) is 0 Å². The molecule has 1 N–H and O–H groups in total. The van der Waals surface area contributed by atoms with Crippen LogP contribution in [0.4, 0.5) is 13.2 Å². The van der Waals surface area contributed by atoms with Crippen LogP contribution in [-0.2, 0) is 12.7 Å². The summed E-state index contributed by atoms with van der Waals surface area (Å²) in [5.41, 5.74) is 1.50. The summed E-state index contributed by atoms with van der Waals surface area (Å²) < 4.78 is 37.7. The minimum atomic E-state index is -4.43. The molecule has 3 rings (SSSR count). The van der Waals surface area contributed by atoms with Crippen LogP contribution in [0.5, 0.6) is 0 Å². The van der Waals surface area contributed by atoms with Crippen molar-refractivity contribution in [1.82, 2.24) is 15.3 Å². The molecule has 3 aromatic rings. The summed E-state index contributed by atoms with van der Waals surface area (Å²) in [5.74, 6) is -0.476. The summed E-state index contributed by atoms with van der Waals surface area (Å²) in [6.07, 6.45) is -1.34. The summed E-state index contributed by atoms with van der Waals surface area (Å²) >= 11 is 1.52. The highest BCUT2D eigenvalue weighted by Gasteiger charge is 2.30. The third-order valence-corrected chi connectivity index (χ3v) is 4.14. The fourth-order valence-corrected chi connectivity index (χ4v) is 2.85. The number of hydrogen-bond donors (Lipinski definition) is 1. The van der Waals surface area contributed by atoms with Crippen LogP contribution < -0.4 is 5.32 Å². The van der Waals surface area contributed by atoms with Gasteiger partial charge in [0.05, 0.1) is 23.5 Å². The number of rotatable bonds is 4. The zero-order valence-electron chi connectivity index (χ0n) is 12.7. The van der Waals surface area contributed by atoms with Crippen molar-refractivity contribution >= 4 is 17.2 Å². The minimum absolute atomic E-state index is 0.124. The third-order valence-electron chi connectivity index (χ3n) is 3.46. The molecule has 128 valence electrons. The van der Waals surface area contributed by atoms with Gasteiger partial charge in [-0.15, -0.1) is 0 Å². The number of nitrogens with one attached hydrogen (secondary N) is 1. The highest BCUT2D eigenvalue weighted by molar-refractivity contribution is 7.08. The van der Waals surface area contributed by atoms with Crippen LogP contribution in [0.3, 0.4) is 0 Å². The lowest BCUT2D eigenvalue weighted by molar-refractivity contribution is -0.137. The van der Waals surface area contributed by atoms with E-state index in [2.05, 4.69) is 15.3 Å². The number of nitrogens with zero attached hydrogens (tertiary/aromatic N) is 2. The number of halogens is 3. The topological polar surface area (TPSA) is 54.9 Å². The zero-order chi connectivity index (χ0) is 17.9. The van der Waals surface area contributed by atoms with Crippen molar-refractivity contribution in [2.75, 3.05) is 0 Å². The van der Waals surface area contributed by atoms with Crippen LogP contribution >= 0.6 is 11.3 Å². The second kappa shape index (κ2) is 7.02. The minimum Gasteiger partial charge on any atom is -0.346 e. The highest BCUT2D eigenvalue weighted by Crippen LogP contribution is 2.29. The molecule has 0 aliphatic rings. The summed E-state index contributed by atoms with van der Waals surface area (Å²) in [5, 5.41) is 6.49. The summed E-state index contributed by atoms with van der Waals surface area (Å²) in [7, 11) is 0. The van der Waals surface area contributed by atoms with Crippen LogP contribution in [0.25, 0.3) is 11.3 Å². The predicted molar refractivity (Wildman–Crippen MR) is 88.0 cm³/mol. The maximum absolute atomic E-state index is 12.6. The van der Waals surface area contributed by atoms with Crippen LogP contribution in [0.15, 0.2) is 53.5 Å². The average molecular weight is 363 g/mol. The number of carbonyl (C=O) groups excluding carboxylic acids is 1. The van der Waals surface area contributed by atoms with Gasteiger partial charge in [-0.05, 0) is 35.7 Å². The number of amides is 1. The van der Waals surface area contributed by atoms with Crippen molar-refractivity contribution in [3.05, 3.63) is 70.3 Å². The molecule has 2 heterocycles. The molecule has 0 unspecified atom stereocenters. The third kappa shape index (κ3) is 4.03. The van der Waals surface area contributed by atoms with Gasteiger partial charge >= 0.3 is 6.18 Å². The Morgan fingerprint density at radius 1 is 1.08 bits per heavy atom. The summed E-state index contributed by atoms with van der Waals surface area (Å²) in [6.45, 7) is 0.124. The Morgan fingerprint density at radius 2 is 1.80 bits per heavy atom. The van der Waals surface area contributed by atoms with Gasteiger partial charge < -0.3 is 5.32 Å². The lowest BCUT2D eigenvalue weighted by atomic mass is 10.1. The Labute approximate surface area is 145 Å². The number of alkyl halides is 3. The van der Waals surface area contributed by atoms with Crippen molar-refractivity contribution in [1.29, 1.82) is 0 Å². The van der Waals surface area contributed by atoms with Gasteiger partial charge in [0.2, 0.25) is 0 Å². The molecule has 0 saturated heterocycles. The van der Waals surface area contributed by atoms with Gasteiger partial charge in [-0.3, -0.25) is 14.8 Å². The molecule has 0 bridgehead atoms. The number of aromatic nitrogens is 2. The SMILES string of the molecule is O=C(NCc1nccnc1-c1ccsc1)c1ccc(C(F)(F)F)cc1. The molecule has 1 amide bonds. The van der Waals surface area contributed by atoms with E-state index >= 15 is 0 Å². The smallest absolute Gasteiger partial charge is 0.346 e. The van der Waals surface area contributed by atoms with E-state index in [9.17, 15) is 18.0 Å². The first-order chi connectivity index (χ1) is 11.9. The Bertz CT molecular complexity index is 862. The number of benzene rings is 1. The van der Waals surface area contributed by atoms with Gasteiger partial charge in [-0.1, -0.05) is 0 Å². The first-order valence-electron chi connectivity index (χ1n) is 7.23. The van der Waals surface area contributed by atoms with Crippen molar-refractivity contribution in [3.63, 3.8) is 0 Å². The van der Waals surface area contributed by atoms with Gasteiger partial charge in [-0.2, -0.15) is 24.5 Å². The molecule has 0 fully saturated rings. The van der Waals surface area contributed by atoms with Crippen LogP contribution in [0.2, 0.25) is 0 Å². The number of carbonyl (C=O) groups is 1. The van der Waals surface area contributed by atoms with Crippen LogP contribution in [0.1, 0.15) is 21.6 Å². The van der Waals surface area contributed by atoms with Gasteiger partial charge in [0.15, 0.2) is 0 Å². The van der Waals surface area contributed by atoms with E-state index in [1.165, 1.54) is 17.5 Å². The van der Waals surface area contributed by atoms with E-state index in [1.807, 2.05) is 16.8 Å². The molecule has 0 atom stereocenters. The molecule has 25 heavy (non-hydrogen) atoms. The molecule has 0 aliphatic carbocycles. The van der Waals surface area contributed by atoms with Gasteiger partial charge in [0, 0.05) is 28.9 Å². The van der Waals surface area contributed by atoms with Crippen LogP contribution in [-0.4, -0.2) is 15.9 Å². The maximum atomic E-state index is 12.6. The lowest BCUT2D eigenvalue weighted by Crippen LogP contribution is -2.24. The lowest BCUT2D eigenvalue weighted by Gasteiger charge is -2.09. The monoisotopic (exact) mass is 363 g/mol. The summed E-state index contributed by atoms with van der Waals surface area (Å²) in [6, 6.07) is 5.96. The molecular weight excluding hydrogens is 351 g/mol. The molecule has 0 spiro atoms. The Balaban J connectivity index is 1.71. The predicted octanol–water partition coefficient (Wildman–Crippen LogP) is 4.15.